The van der Waals surface area contributed by atoms with Crippen molar-refractivity contribution in [3.8, 4) is 34.1 Å². The van der Waals surface area contributed by atoms with E-state index in [1.54, 1.807) is 36.5 Å². The Labute approximate surface area is 186 Å². The third kappa shape index (κ3) is 4.86. The van der Waals surface area contributed by atoms with Crippen LogP contribution in [-0.2, 0) is 12.8 Å². The van der Waals surface area contributed by atoms with Crippen molar-refractivity contribution < 1.29 is 22.6 Å². The third-order valence-electron chi connectivity index (χ3n) is 4.68. The summed E-state index contributed by atoms with van der Waals surface area (Å²) in [7, 11) is 1.53. The second kappa shape index (κ2) is 8.92. The Bertz CT molecular complexity index is 1210. The molecular weight excluding hydrogens is 443 g/mol. The molecule has 2 aromatic carbocycles. The SMILES string of the molecule is COc1cc(OCc2ccc(C(F)(F)F)cn2)ccc1-c1c[nH]c(-c2ccc(Cl)cc2)n1. The zero-order valence-electron chi connectivity index (χ0n) is 16.8. The predicted molar refractivity (Wildman–Crippen MR) is 115 cm³/mol. The molecule has 0 unspecified atom stereocenters. The van der Waals surface area contributed by atoms with E-state index in [0.717, 1.165) is 23.4 Å². The number of nitrogens with one attached hydrogen (secondary N) is 1. The Kier molecular flexibility index (Phi) is 6.05. The molecule has 2 aromatic heterocycles. The fourth-order valence-corrected chi connectivity index (χ4v) is 3.15. The fraction of sp³-hybridized carbons (Fsp3) is 0.130. The highest BCUT2D eigenvalue weighted by Gasteiger charge is 2.30. The highest BCUT2D eigenvalue weighted by atomic mass is 35.5. The Morgan fingerprint density at radius 3 is 2.47 bits per heavy atom. The standard InChI is InChI=1S/C23H17ClF3N3O2/c1-31-21-10-18(32-13-17-7-4-15(11-28-17)23(25,26)27)8-9-19(21)20-12-29-22(30-20)14-2-5-16(24)6-3-14/h2-12H,13H2,1H3,(H,29,30). The van der Waals surface area contributed by atoms with Gasteiger partial charge in [0.05, 0.1) is 24.1 Å². The monoisotopic (exact) mass is 459 g/mol. The molecular formula is C23H17ClF3N3O2. The summed E-state index contributed by atoms with van der Waals surface area (Å²) in [6.07, 6.45) is -1.86. The van der Waals surface area contributed by atoms with Crippen molar-refractivity contribution in [2.45, 2.75) is 12.8 Å². The molecule has 0 fully saturated rings. The van der Waals surface area contributed by atoms with Crippen LogP contribution in [0.2, 0.25) is 5.02 Å². The molecule has 0 aliphatic heterocycles. The lowest BCUT2D eigenvalue weighted by Gasteiger charge is -2.11. The van der Waals surface area contributed by atoms with E-state index in [4.69, 9.17) is 21.1 Å². The molecule has 32 heavy (non-hydrogen) atoms. The normalized spacial score (nSPS) is 11.4. The fourth-order valence-electron chi connectivity index (χ4n) is 3.02. The largest absolute Gasteiger partial charge is 0.496 e. The number of aromatic nitrogens is 3. The summed E-state index contributed by atoms with van der Waals surface area (Å²) in [5.41, 5.74) is 1.90. The van der Waals surface area contributed by atoms with Gasteiger partial charge in [0.25, 0.3) is 0 Å². The van der Waals surface area contributed by atoms with Crippen molar-refractivity contribution >= 4 is 11.6 Å². The lowest BCUT2D eigenvalue weighted by molar-refractivity contribution is -0.137. The first-order chi connectivity index (χ1) is 15.3. The van der Waals surface area contributed by atoms with E-state index >= 15 is 0 Å². The Balaban J connectivity index is 1.49. The number of halogens is 4. The van der Waals surface area contributed by atoms with Crippen LogP contribution in [0.5, 0.6) is 11.5 Å². The molecule has 0 aliphatic carbocycles. The molecule has 0 bridgehead atoms. The van der Waals surface area contributed by atoms with Gasteiger partial charge in [-0.2, -0.15) is 13.2 Å². The number of H-pyrrole nitrogens is 1. The molecule has 0 atom stereocenters. The number of benzene rings is 2. The molecule has 2 heterocycles. The van der Waals surface area contributed by atoms with Crippen molar-refractivity contribution in [1.82, 2.24) is 15.0 Å². The summed E-state index contributed by atoms with van der Waals surface area (Å²) < 4.78 is 49.1. The molecule has 0 saturated carbocycles. The van der Waals surface area contributed by atoms with Crippen LogP contribution in [0.25, 0.3) is 22.6 Å². The van der Waals surface area contributed by atoms with Crippen molar-refractivity contribution in [3.05, 3.63) is 83.3 Å². The van der Waals surface area contributed by atoms with Crippen LogP contribution < -0.4 is 9.47 Å². The van der Waals surface area contributed by atoms with Crippen LogP contribution in [0.4, 0.5) is 13.2 Å². The zero-order valence-corrected chi connectivity index (χ0v) is 17.5. The van der Waals surface area contributed by atoms with Crippen molar-refractivity contribution in [3.63, 3.8) is 0 Å². The summed E-state index contributed by atoms with van der Waals surface area (Å²) in [4.78, 5) is 11.6. The van der Waals surface area contributed by atoms with Gasteiger partial charge < -0.3 is 14.5 Å². The van der Waals surface area contributed by atoms with Crippen LogP contribution in [0.15, 0.2) is 67.0 Å². The molecule has 9 heteroatoms. The number of nitrogens with zero attached hydrogens (tertiary/aromatic N) is 2. The number of rotatable bonds is 6. The van der Waals surface area contributed by atoms with Gasteiger partial charge in [0, 0.05) is 34.6 Å². The molecule has 4 rings (SSSR count). The quantitative estimate of drug-likeness (QED) is 0.362. The topological polar surface area (TPSA) is 60.0 Å². The number of pyridine rings is 1. The summed E-state index contributed by atoms with van der Waals surface area (Å²) in [5.74, 6) is 1.71. The number of methoxy groups -OCH3 is 1. The first-order valence-electron chi connectivity index (χ1n) is 9.48. The van der Waals surface area contributed by atoms with Crippen LogP contribution >= 0.6 is 11.6 Å². The van der Waals surface area contributed by atoms with Gasteiger partial charge in [-0.3, -0.25) is 4.98 Å². The van der Waals surface area contributed by atoms with Gasteiger partial charge in [0.1, 0.15) is 23.9 Å². The molecule has 1 N–H and O–H groups in total. The summed E-state index contributed by atoms with van der Waals surface area (Å²) in [6.45, 7) is 0.0176. The summed E-state index contributed by atoms with van der Waals surface area (Å²) in [5, 5.41) is 0.643. The number of alkyl halides is 3. The number of hydrogen-bond acceptors (Lipinski definition) is 4. The maximum atomic E-state index is 12.6. The molecule has 0 saturated heterocycles. The Morgan fingerprint density at radius 1 is 1.03 bits per heavy atom. The van der Waals surface area contributed by atoms with E-state index in [-0.39, 0.29) is 6.61 Å². The van der Waals surface area contributed by atoms with E-state index in [1.807, 2.05) is 12.1 Å². The lowest BCUT2D eigenvalue weighted by Crippen LogP contribution is -2.06. The van der Waals surface area contributed by atoms with E-state index < -0.39 is 11.7 Å². The highest BCUT2D eigenvalue weighted by Crippen LogP contribution is 2.34. The van der Waals surface area contributed by atoms with E-state index in [2.05, 4.69) is 15.0 Å². The molecule has 0 spiro atoms. The third-order valence-corrected chi connectivity index (χ3v) is 4.94. The zero-order chi connectivity index (χ0) is 22.7. The smallest absolute Gasteiger partial charge is 0.417 e. The van der Waals surface area contributed by atoms with E-state index in [0.29, 0.717) is 33.7 Å². The molecule has 0 aliphatic rings. The van der Waals surface area contributed by atoms with Crippen molar-refractivity contribution in [2.75, 3.05) is 7.11 Å². The Hall–Kier alpha value is -3.52. The number of hydrogen-bond donors (Lipinski definition) is 1. The minimum atomic E-state index is -4.42. The first kappa shape index (κ1) is 21.7. The van der Waals surface area contributed by atoms with Gasteiger partial charge in [-0.15, -0.1) is 0 Å². The summed E-state index contributed by atoms with van der Waals surface area (Å²) in [6, 6.07) is 14.8. The average molecular weight is 460 g/mol. The Morgan fingerprint density at radius 2 is 1.81 bits per heavy atom. The minimum absolute atomic E-state index is 0.0176. The molecule has 5 nitrogen and oxygen atoms in total. The van der Waals surface area contributed by atoms with Gasteiger partial charge in [-0.1, -0.05) is 11.6 Å². The predicted octanol–water partition coefficient (Wildman–Crippen LogP) is 6.40. The van der Waals surface area contributed by atoms with Crippen LogP contribution in [0.1, 0.15) is 11.3 Å². The first-order valence-corrected chi connectivity index (χ1v) is 9.86. The van der Waals surface area contributed by atoms with Gasteiger partial charge in [-0.25, -0.2) is 4.98 Å². The minimum Gasteiger partial charge on any atom is -0.496 e. The molecule has 0 radical (unpaired) electrons. The maximum Gasteiger partial charge on any atom is 0.417 e. The van der Waals surface area contributed by atoms with Gasteiger partial charge in [0.15, 0.2) is 0 Å². The number of aromatic amines is 1. The van der Waals surface area contributed by atoms with E-state index in [1.165, 1.54) is 13.2 Å². The van der Waals surface area contributed by atoms with E-state index in [9.17, 15) is 13.2 Å². The summed E-state index contributed by atoms with van der Waals surface area (Å²) >= 11 is 5.94. The van der Waals surface area contributed by atoms with Crippen LogP contribution in [0, 0.1) is 0 Å². The molecule has 4 aromatic rings. The lowest BCUT2D eigenvalue weighted by atomic mass is 10.1. The van der Waals surface area contributed by atoms with Crippen LogP contribution in [-0.4, -0.2) is 22.1 Å². The second-order valence-electron chi connectivity index (χ2n) is 6.83. The van der Waals surface area contributed by atoms with Crippen molar-refractivity contribution in [2.24, 2.45) is 0 Å². The van der Waals surface area contributed by atoms with Gasteiger partial charge in [-0.05, 0) is 48.5 Å². The maximum absolute atomic E-state index is 12.6. The van der Waals surface area contributed by atoms with Gasteiger partial charge in [0.2, 0.25) is 0 Å². The highest BCUT2D eigenvalue weighted by molar-refractivity contribution is 6.30. The number of ether oxygens (including phenoxy) is 2. The van der Waals surface area contributed by atoms with Crippen LogP contribution in [0.3, 0.4) is 0 Å². The average Bonchev–Trinajstić information content (AvgIpc) is 3.27. The second-order valence-corrected chi connectivity index (χ2v) is 7.26. The van der Waals surface area contributed by atoms with Crippen molar-refractivity contribution in [1.29, 1.82) is 0 Å². The molecule has 164 valence electrons. The number of imidazole rings is 1. The van der Waals surface area contributed by atoms with Gasteiger partial charge >= 0.3 is 6.18 Å². The molecule has 0 amide bonds.